The van der Waals surface area contributed by atoms with Crippen LogP contribution in [0.3, 0.4) is 0 Å². The molecule has 9 heteroatoms. The van der Waals surface area contributed by atoms with Gasteiger partial charge in [0.15, 0.2) is 0 Å². The van der Waals surface area contributed by atoms with Crippen LogP contribution in [0.2, 0.25) is 0 Å². The summed E-state index contributed by atoms with van der Waals surface area (Å²) in [7, 11) is 0. The number of carbonyl (C=O) groups excluding carboxylic acids is 2. The van der Waals surface area contributed by atoms with Crippen LogP contribution in [0.5, 0.6) is 0 Å². The highest BCUT2D eigenvalue weighted by Gasteiger charge is 2.25. The number of aromatic nitrogens is 3. The van der Waals surface area contributed by atoms with Crippen LogP contribution in [0, 0.1) is 0 Å². The van der Waals surface area contributed by atoms with Gasteiger partial charge < -0.3 is 19.9 Å². The monoisotopic (exact) mass is 378 g/mol. The number of hydrogen-bond acceptors (Lipinski definition) is 5. The van der Waals surface area contributed by atoms with Gasteiger partial charge in [0.05, 0.1) is 24.5 Å². The van der Waals surface area contributed by atoms with Gasteiger partial charge in [-0.15, -0.1) is 5.10 Å². The summed E-state index contributed by atoms with van der Waals surface area (Å²) in [5.41, 5.74) is 1.77. The number of likely N-dealkylation sites (tertiary alicyclic amines) is 1. The van der Waals surface area contributed by atoms with Gasteiger partial charge in [0.2, 0.25) is 5.91 Å². The van der Waals surface area contributed by atoms with Crippen molar-refractivity contribution in [2.45, 2.75) is 52.1 Å². The Hall–Kier alpha value is -2.16. The fourth-order valence-electron chi connectivity index (χ4n) is 3.54. The van der Waals surface area contributed by atoms with E-state index >= 15 is 0 Å². The molecule has 1 aromatic rings. The first-order chi connectivity index (χ1) is 13.2. The molecule has 2 aliphatic rings. The number of urea groups is 1. The smallest absolute Gasteiger partial charge is 0.317 e. The van der Waals surface area contributed by atoms with Gasteiger partial charge in [0.25, 0.3) is 0 Å². The van der Waals surface area contributed by atoms with E-state index in [-0.39, 0.29) is 11.9 Å². The van der Waals surface area contributed by atoms with E-state index < -0.39 is 0 Å². The molecule has 0 atom stereocenters. The minimum atomic E-state index is -0.0713. The number of hydrogen-bond donors (Lipinski definition) is 1. The first-order valence-corrected chi connectivity index (χ1v) is 9.98. The molecule has 1 saturated heterocycles. The van der Waals surface area contributed by atoms with E-state index in [1.807, 2.05) is 16.5 Å². The van der Waals surface area contributed by atoms with Gasteiger partial charge in [0, 0.05) is 52.2 Å². The maximum Gasteiger partial charge on any atom is 0.317 e. The van der Waals surface area contributed by atoms with Gasteiger partial charge in [-0.25, -0.2) is 9.48 Å². The molecule has 9 nitrogen and oxygen atoms in total. The lowest BCUT2D eigenvalue weighted by Gasteiger charge is -2.28. The lowest BCUT2D eigenvalue weighted by molar-refractivity contribution is -0.130. The number of carbonyl (C=O) groups is 2. The van der Waals surface area contributed by atoms with Gasteiger partial charge in [-0.2, -0.15) is 0 Å². The summed E-state index contributed by atoms with van der Waals surface area (Å²) in [5.74, 6) is 0.189. The number of ether oxygens (including phenoxy) is 1. The highest BCUT2D eigenvalue weighted by Crippen LogP contribution is 2.17. The Kier molecular flexibility index (Phi) is 7.03. The van der Waals surface area contributed by atoms with Crippen LogP contribution < -0.4 is 5.32 Å². The molecule has 0 unspecified atom stereocenters. The molecule has 0 radical (unpaired) electrons. The summed E-state index contributed by atoms with van der Waals surface area (Å²) in [4.78, 5) is 28.3. The summed E-state index contributed by atoms with van der Waals surface area (Å²) in [5, 5.41) is 11.4. The van der Waals surface area contributed by atoms with Gasteiger partial charge in [-0.1, -0.05) is 5.21 Å². The zero-order valence-corrected chi connectivity index (χ0v) is 16.2. The predicted molar refractivity (Wildman–Crippen MR) is 99.1 cm³/mol. The Morgan fingerprint density at radius 1 is 1.15 bits per heavy atom. The second kappa shape index (κ2) is 9.68. The first-order valence-electron chi connectivity index (χ1n) is 9.98. The molecule has 1 aromatic heterocycles. The lowest BCUT2D eigenvalue weighted by atomic mass is 10.1. The highest BCUT2D eigenvalue weighted by atomic mass is 16.5. The zero-order chi connectivity index (χ0) is 19.1. The van der Waals surface area contributed by atoms with Gasteiger partial charge in [-0.05, 0) is 26.2 Å². The SMILES string of the molecule is CCOCCCNC(=O)N1CCn2nnc(CCC(=O)N3CCCC3)c2C1. The molecule has 0 saturated carbocycles. The van der Waals surface area contributed by atoms with Crippen LogP contribution in [0.1, 0.15) is 44.0 Å². The lowest BCUT2D eigenvalue weighted by Crippen LogP contribution is -2.44. The number of amides is 3. The third kappa shape index (κ3) is 5.18. The summed E-state index contributed by atoms with van der Waals surface area (Å²) in [6.45, 7) is 7.38. The summed E-state index contributed by atoms with van der Waals surface area (Å²) < 4.78 is 7.14. The van der Waals surface area contributed by atoms with Crippen molar-refractivity contribution < 1.29 is 14.3 Å². The second-order valence-electron chi connectivity index (χ2n) is 7.00. The number of fused-ring (bicyclic) bond motifs is 1. The maximum absolute atomic E-state index is 12.4. The largest absolute Gasteiger partial charge is 0.382 e. The molecule has 0 aliphatic carbocycles. The molecule has 0 aromatic carbocycles. The van der Waals surface area contributed by atoms with Crippen molar-refractivity contribution in [3.05, 3.63) is 11.4 Å². The third-order valence-electron chi connectivity index (χ3n) is 5.11. The molecule has 0 spiro atoms. The zero-order valence-electron chi connectivity index (χ0n) is 16.2. The standard InChI is InChI=1S/C18H30N6O3/c1-2-27-13-5-8-19-18(26)23-11-12-24-16(14-23)15(20-21-24)6-7-17(25)22-9-3-4-10-22/h2-14H2,1H3,(H,19,26). The maximum atomic E-state index is 12.4. The summed E-state index contributed by atoms with van der Waals surface area (Å²) in [6, 6.07) is -0.0713. The fraction of sp³-hybridized carbons (Fsp3) is 0.778. The van der Waals surface area contributed by atoms with Crippen molar-refractivity contribution in [1.29, 1.82) is 0 Å². The van der Waals surface area contributed by atoms with Crippen LogP contribution in [-0.4, -0.2) is 76.1 Å². The second-order valence-corrected chi connectivity index (χ2v) is 7.00. The molecular weight excluding hydrogens is 348 g/mol. The van der Waals surface area contributed by atoms with Crippen LogP contribution in [0.25, 0.3) is 0 Å². The van der Waals surface area contributed by atoms with E-state index in [9.17, 15) is 9.59 Å². The van der Waals surface area contributed by atoms with Crippen LogP contribution in [0.15, 0.2) is 0 Å². The Labute approximate surface area is 160 Å². The Morgan fingerprint density at radius 2 is 1.96 bits per heavy atom. The fourth-order valence-corrected chi connectivity index (χ4v) is 3.54. The Balaban J connectivity index is 1.48. The normalized spacial score (nSPS) is 16.5. The van der Waals surface area contributed by atoms with Crippen molar-refractivity contribution in [2.24, 2.45) is 0 Å². The van der Waals surface area contributed by atoms with E-state index in [2.05, 4.69) is 15.6 Å². The molecular formula is C18H30N6O3. The first kappa shape index (κ1) is 19.6. The van der Waals surface area contributed by atoms with E-state index in [4.69, 9.17) is 4.74 Å². The van der Waals surface area contributed by atoms with Crippen LogP contribution >= 0.6 is 0 Å². The number of nitrogens with one attached hydrogen (secondary N) is 1. The van der Waals surface area contributed by atoms with Crippen molar-refractivity contribution >= 4 is 11.9 Å². The highest BCUT2D eigenvalue weighted by molar-refractivity contribution is 5.76. The van der Waals surface area contributed by atoms with E-state index in [1.54, 1.807) is 4.90 Å². The number of aryl methyl sites for hydroxylation is 1. The molecule has 1 fully saturated rings. The number of nitrogens with zero attached hydrogens (tertiary/aromatic N) is 5. The van der Waals surface area contributed by atoms with Crippen molar-refractivity contribution in [1.82, 2.24) is 30.1 Å². The minimum absolute atomic E-state index is 0.0713. The summed E-state index contributed by atoms with van der Waals surface area (Å²) >= 11 is 0. The van der Waals surface area contributed by atoms with E-state index in [0.717, 1.165) is 43.7 Å². The molecule has 3 rings (SSSR count). The third-order valence-corrected chi connectivity index (χ3v) is 5.11. The molecule has 27 heavy (non-hydrogen) atoms. The van der Waals surface area contributed by atoms with Gasteiger partial charge in [0.1, 0.15) is 0 Å². The molecule has 3 heterocycles. The van der Waals surface area contributed by atoms with E-state index in [1.165, 1.54) is 0 Å². The predicted octanol–water partition coefficient (Wildman–Crippen LogP) is 0.785. The molecule has 2 aliphatic heterocycles. The average Bonchev–Trinajstić information content (AvgIpc) is 3.35. The summed E-state index contributed by atoms with van der Waals surface area (Å²) in [6.07, 6.45) is 4.03. The Morgan fingerprint density at radius 3 is 2.74 bits per heavy atom. The molecule has 3 amide bonds. The molecule has 150 valence electrons. The van der Waals surface area contributed by atoms with Crippen molar-refractivity contribution in [3.63, 3.8) is 0 Å². The molecule has 0 bridgehead atoms. The van der Waals surface area contributed by atoms with Crippen molar-refractivity contribution in [3.8, 4) is 0 Å². The van der Waals surface area contributed by atoms with Crippen LogP contribution in [0.4, 0.5) is 4.79 Å². The Bertz CT molecular complexity index is 641. The van der Waals surface area contributed by atoms with Crippen molar-refractivity contribution in [2.75, 3.05) is 39.4 Å². The topological polar surface area (TPSA) is 92.6 Å². The average molecular weight is 378 g/mol. The van der Waals surface area contributed by atoms with Crippen LogP contribution in [-0.2, 0) is 29.0 Å². The van der Waals surface area contributed by atoms with Gasteiger partial charge in [-0.3, -0.25) is 4.79 Å². The number of rotatable bonds is 8. The van der Waals surface area contributed by atoms with Gasteiger partial charge >= 0.3 is 6.03 Å². The van der Waals surface area contributed by atoms with E-state index in [0.29, 0.717) is 52.2 Å². The minimum Gasteiger partial charge on any atom is -0.382 e. The quantitative estimate of drug-likeness (QED) is 0.675. The molecule has 1 N–H and O–H groups in total.